The second kappa shape index (κ2) is 6.82. The highest BCUT2D eigenvalue weighted by molar-refractivity contribution is 5.93. The van der Waals surface area contributed by atoms with Gasteiger partial charge in [-0.15, -0.1) is 0 Å². The van der Waals surface area contributed by atoms with Crippen LogP contribution in [0.25, 0.3) is 0 Å². The molecule has 1 N–H and O–H groups in total. The number of benzene rings is 2. The van der Waals surface area contributed by atoms with Gasteiger partial charge in [0.1, 0.15) is 0 Å². The van der Waals surface area contributed by atoms with E-state index in [2.05, 4.69) is 26.1 Å². The SMILES string of the molecule is COc1ccc(CC(=O)Nc2ccccc2C(C)(C)C)cc1F. The number of carbonyl (C=O) groups is 1. The summed E-state index contributed by atoms with van der Waals surface area (Å²) < 4.78 is 18.6. The number of hydrogen-bond acceptors (Lipinski definition) is 2. The van der Waals surface area contributed by atoms with Gasteiger partial charge in [-0.2, -0.15) is 0 Å². The minimum Gasteiger partial charge on any atom is -0.494 e. The quantitative estimate of drug-likeness (QED) is 0.913. The lowest BCUT2D eigenvalue weighted by Gasteiger charge is -2.23. The van der Waals surface area contributed by atoms with Crippen molar-refractivity contribution in [1.29, 1.82) is 0 Å². The maximum absolute atomic E-state index is 13.7. The van der Waals surface area contributed by atoms with Crippen LogP contribution < -0.4 is 10.1 Å². The second-order valence-corrected chi connectivity index (χ2v) is 6.49. The number of amides is 1. The fraction of sp³-hybridized carbons (Fsp3) is 0.316. The Kier molecular flexibility index (Phi) is 5.04. The standard InChI is InChI=1S/C19H22FNO2/c1-19(2,3)14-7-5-6-8-16(14)21-18(22)12-13-9-10-17(23-4)15(20)11-13/h5-11H,12H2,1-4H3,(H,21,22). The Hall–Kier alpha value is -2.36. The fourth-order valence-electron chi connectivity index (χ4n) is 2.45. The van der Waals surface area contributed by atoms with E-state index in [-0.39, 0.29) is 23.5 Å². The van der Waals surface area contributed by atoms with Gasteiger partial charge in [0.25, 0.3) is 0 Å². The highest BCUT2D eigenvalue weighted by Crippen LogP contribution is 2.29. The molecular weight excluding hydrogens is 293 g/mol. The fourth-order valence-corrected chi connectivity index (χ4v) is 2.45. The topological polar surface area (TPSA) is 38.3 Å². The first-order valence-electron chi connectivity index (χ1n) is 7.53. The predicted octanol–water partition coefficient (Wildman–Crippen LogP) is 4.31. The number of methoxy groups -OCH3 is 1. The summed E-state index contributed by atoms with van der Waals surface area (Å²) in [5.74, 6) is -0.466. The molecule has 23 heavy (non-hydrogen) atoms. The third kappa shape index (κ3) is 4.31. The number of ether oxygens (including phenoxy) is 1. The monoisotopic (exact) mass is 315 g/mol. The van der Waals surface area contributed by atoms with Gasteiger partial charge in [0, 0.05) is 5.69 Å². The number of rotatable bonds is 4. The molecule has 0 aliphatic carbocycles. The maximum Gasteiger partial charge on any atom is 0.228 e. The largest absolute Gasteiger partial charge is 0.494 e. The molecule has 0 bridgehead atoms. The van der Waals surface area contributed by atoms with Crippen molar-refractivity contribution in [3.05, 3.63) is 59.4 Å². The molecule has 2 aromatic rings. The summed E-state index contributed by atoms with van der Waals surface area (Å²) >= 11 is 0. The van der Waals surface area contributed by atoms with Crippen LogP contribution in [0.3, 0.4) is 0 Å². The van der Waals surface area contributed by atoms with Crippen molar-refractivity contribution < 1.29 is 13.9 Å². The number of halogens is 1. The first kappa shape index (κ1) is 17.0. The molecule has 0 saturated carbocycles. The molecule has 0 heterocycles. The minimum atomic E-state index is -0.465. The Balaban J connectivity index is 2.13. The number of carbonyl (C=O) groups excluding carboxylic acids is 1. The highest BCUT2D eigenvalue weighted by Gasteiger charge is 2.18. The second-order valence-electron chi connectivity index (χ2n) is 6.49. The van der Waals surface area contributed by atoms with E-state index in [0.29, 0.717) is 5.56 Å². The van der Waals surface area contributed by atoms with Crippen molar-refractivity contribution in [1.82, 2.24) is 0 Å². The molecule has 2 aromatic carbocycles. The molecular formula is C19H22FNO2. The van der Waals surface area contributed by atoms with Crippen LogP contribution in [0.4, 0.5) is 10.1 Å². The first-order chi connectivity index (χ1) is 10.8. The van der Waals surface area contributed by atoms with Crippen molar-refractivity contribution in [2.45, 2.75) is 32.6 Å². The molecule has 2 rings (SSSR count). The Labute approximate surface area is 136 Å². The zero-order chi connectivity index (χ0) is 17.0. The summed E-state index contributed by atoms with van der Waals surface area (Å²) in [4.78, 5) is 12.3. The molecule has 0 aliphatic rings. The van der Waals surface area contributed by atoms with Crippen molar-refractivity contribution >= 4 is 11.6 Å². The highest BCUT2D eigenvalue weighted by atomic mass is 19.1. The van der Waals surface area contributed by atoms with Crippen molar-refractivity contribution in [3.8, 4) is 5.75 Å². The van der Waals surface area contributed by atoms with Crippen LogP contribution in [0.2, 0.25) is 0 Å². The molecule has 3 nitrogen and oxygen atoms in total. The van der Waals surface area contributed by atoms with Gasteiger partial charge in [-0.05, 0) is 34.7 Å². The normalized spacial score (nSPS) is 11.2. The molecule has 0 radical (unpaired) electrons. The molecule has 0 atom stereocenters. The van der Waals surface area contributed by atoms with Gasteiger partial charge in [0.2, 0.25) is 5.91 Å². The molecule has 0 aliphatic heterocycles. The molecule has 0 saturated heterocycles. The van der Waals surface area contributed by atoms with Crippen molar-refractivity contribution in [3.63, 3.8) is 0 Å². The van der Waals surface area contributed by atoms with Crippen LogP contribution in [0.1, 0.15) is 31.9 Å². The molecule has 0 unspecified atom stereocenters. The van der Waals surface area contributed by atoms with Crippen LogP contribution in [0.15, 0.2) is 42.5 Å². The van der Waals surface area contributed by atoms with Gasteiger partial charge in [0.05, 0.1) is 13.5 Å². The number of hydrogen-bond donors (Lipinski definition) is 1. The van der Waals surface area contributed by atoms with Gasteiger partial charge >= 0.3 is 0 Å². The van der Waals surface area contributed by atoms with E-state index in [1.165, 1.54) is 19.2 Å². The summed E-state index contributed by atoms with van der Waals surface area (Å²) in [6.45, 7) is 6.28. The van der Waals surface area contributed by atoms with Gasteiger partial charge in [-0.3, -0.25) is 4.79 Å². The third-order valence-electron chi connectivity index (χ3n) is 3.59. The maximum atomic E-state index is 13.7. The van der Waals surface area contributed by atoms with E-state index < -0.39 is 5.82 Å². The zero-order valence-corrected chi connectivity index (χ0v) is 13.9. The van der Waals surface area contributed by atoms with E-state index in [9.17, 15) is 9.18 Å². The van der Waals surface area contributed by atoms with E-state index >= 15 is 0 Å². The van der Waals surface area contributed by atoms with E-state index in [4.69, 9.17) is 4.74 Å². The van der Waals surface area contributed by atoms with Crippen molar-refractivity contribution in [2.75, 3.05) is 12.4 Å². The van der Waals surface area contributed by atoms with Gasteiger partial charge < -0.3 is 10.1 Å². The summed E-state index contributed by atoms with van der Waals surface area (Å²) in [5, 5.41) is 2.92. The Morgan fingerprint density at radius 3 is 2.48 bits per heavy atom. The lowest BCUT2D eigenvalue weighted by atomic mass is 9.86. The molecule has 0 spiro atoms. The van der Waals surface area contributed by atoms with E-state index in [1.807, 2.05) is 24.3 Å². The molecule has 122 valence electrons. The Morgan fingerprint density at radius 2 is 1.87 bits per heavy atom. The van der Waals surface area contributed by atoms with Crippen LogP contribution in [0.5, 0.6) is 5.75 Å². The zero-order valence-electron chi connectivity index (χ0n) is 13.9. The summed E-state index contributed by atoms with van der Waals surface area (Å²) in [5.41, 5.74) is 2.39. The lowest BCUT2D eigenvalue weighted by Crippen LogP contribution is -2.19. The van der Waals surface area contributed by atoms with Crippen LogP contribution in [-0.2, 0) is 16.6 Å². The summed E-state index contributed by atoms with van der Waals surface area (Å²) in [7, 11) is 1.41. The van der Waals surface area contributed by atoms with Gasteiger partial charge in [-0.25, -0.2) is 4.39 Å². The first-order valence-corrected chi connectivity index (χ1v) is 7.53. The molecule has 1 amide bonds. The molecule has 0 aromatic heterocycles. The minimum absolute atomic E-state index is 0.0733. The Morgan fingerprint density at radius 1 is 1.17 bits per heavy atom. The number of anilines is 1. The third-order valence-corrected chi connectivity index (χ3v) is 3.59. The Bertz CT molecular complexity index is 705. The predicted molar refractivity (Wildman–Crippen MR) is 90.4 cm³/mol. The van der Waals surface area contributed by atoms with E-state index in [1.54, 1.807) is 6.07 Å². The molecule has 0 fully saturated rings. The van der Waals surface area contributed by atoms with Gasteiger partial charge in [-0.1, -0.05) is 45.0 Å². The van der Waals surface area contributed by atoms with Crippen LogP contribution >= 0.6 is 0 Å². The molecule has 4 heteroatoms. The average molecular weight is 315 g/mol. The number of nitrogens with one attached hydrogen (secondary N) is 1. The van der Waals surface area contributed by atoms with Crippen molar-refractivity contribution in [2.24, 2.45) is 0 Å². The van der Waals surface area contributed by atoms with Crippen LogP contribution in [0, 0.1) is 5.82 Å². The van der Waals surface area contributed by atoms with E-state index in [0.717, 1.165) is 11.3 Å². The van der Waals surface area contributed by atoms with Crippen LogP contribution in [-0.4, -0.2) is 13.0 Å². The average Bonchev–Trinajstić information content (AvgIpc) is 2.46. The summed E-state index contributed by atoms with van der Waals surface area (Å²) in [6, 6.07) is 12.3. The number of para-hydroxylation sites is 1. The summed E-state index contributed by atoms with van der Waals surface area (Å²) in [6.07, 6.45) is 0.111. The smallest absolute Gasteiger partial charge is 0.228 e. The lowest BCUT2D eigenvalue weighted by molar-refractivity contribution is -0.115. The van der Waals surface area contributed by atoms with Gasteiger partial charge in [0.15, 0.2) is 11.6 Å².